The van der Waals surface area contributed by atoms with Crippen LogP contribution >= 0.6 is 0 Å². The fraction of sp³-hybridized carbons (Fsp3) is 0.188. The van der Waals surface area contributed by atoms with Crippen LogP contribution in [-0.2, 0) is 0 Å². The molecule has 39 heavy (non-hydrogen) atoms. The summed E-state index contributed by atoms with van der Waals surface area (Å²) in [6.45, 7) is 2.73. The van der Waals surface area contributed by atoms with Crippen molar-refractivity contribution in [3.05, 3.63) is 77.4 Å². The normalized spacial score (nSPS) is 12.1. The third-order valence-corrected chi connectivity index (χ3v) is 6.68. The molecule has 0 unspecified atom stereocenters. The van der Waals surface area contributed by atoms with E-state index in [0.717, 1.165) is 68.8 Å². The zero-order valence-electron chi connectivity index (χ0n) is 22.2. The number of hydrogen-bond acceptors (Lipinski definition) is 5. The first-order valence-corrected chi connectivity index (χ1v) is 13.1. The molecular weight excluding hydrogens is 488 g/mol. The summed E-state index contributed by atoms with van der Waals surface area (Å²) in [7, 11) is 3.30. The molecular formula is C32H30N4O3. The van der Waals surface area contributed by atoms with Crippen molar-refractivity contribution in [3.8, 4) is 28.4 Å². The smallest absolute Gasteiger partial charge is 0.203 e. The summed E-state index contributed by atoms with van der Waals surface area (Å²) in [6.07, 6.45) is 10.1. The van der Waals surface area contributed by atoms with E-state index in [4.69, 9.17) is 24.2 Å². The van der Waals surface area contributed by atoms with Crippen molar-refractivity contribution in [1.29, 1.82) is 0 Å². The summed E-state index contributed by atoms with van der Waals surface area (Å²) in [5.74, 6) is 1.87. The molecule has 0 amide bonds. The number of methoxy groups -OCH3 is 2. The van der Waals surface area contributed by atoms with Crippen molar-refractivity contribution in [1.82, 2.24) is 19.9 Å². The number of rotatable bonds is 7. The topological polar surface area (TPSA) is 85.0 Å². The molecule has 2 aliphatic rings. The van der Waals surface area contributed by atoms with Crippen molar-refractivity contribution >= 4 is 46.4 Å². The summed E-state index contributed by atoms with van der Waals surface area (Å²) in [5.41, 5.74) is 9.25. The quantitative estimate of drug-likeness (QED) is 0.214. The Morgan fingerprint density at radius 3 is 1.79 bits per heavy atom. The van der Waals surface area contributed by atoms with Gasteiger partial charge in [-0.05, 0) is 90.9 Å². The predicted molar refractivity (Wildman–Crippen MR) is 158 cm³/mol. The Kier molecular flexibility index (Phi) is 6.63. The van der Waals surface area contributed by atoms with Gasteiger partial charge in [-0.1, -0.05) is 13.3 Å². The van der Waals surface area contributed by atoms with Gasteiger partial charge in [0, 0.05) is 27.6 Å². The Bertz CT molecular complexity index is 1740. The Hall–Kier alpha value is -4.78. The molecule has 3 aromatic heterocycles. The van der Waals surface area contributed by atoms with Gasteiger partial charge < -0.3 is 24.2 Å². The lowest BCUT2D eigenvalue weighted by molar-refractivity contribution is 0.270. The largest absolute Gasteiger partial charge is 0.493 e. The maximum Gasteiger partial charge on any atom is 0.203 e. The van der Waals surface area contributed by atoms with Gasteiger partial charge in [0.05, 0.1) is 43.6 Å². The number of aromatic amines is 2. The van der Waals surface area contributed by atoms with Crippen LogP contribution in [0.3, 0.4) is 0 Å². The number of benzene rings is 1. The SMILES string of the molecule is CCCCOc1c(OC)cc(-c2cc3cc4nc(cc5ccc(cc6nc(cc2[nH]3)C=C6)[nH]5)C=C4)cc1OC. The summed E-state index contributed by atoms with van der Waals surface area (Å²) < 4.78 is 17.5. The Labute approximate surface area is 226 Å². The van der Waals surface area contributed by atoms with Crippen LogP contribution in [0.5, 0.6) is 17.2 Å². The molecule has 0 aliphatic carbocycles. The molecule has 5 heterocycles. The maximum atomic E-state index is 6.05. The number of fused-ring (bicyclic) bond motifs is 8. The van der Waals surface area contributed by atoms with E-state index < -0.39 is 0 Å². The van der Waals surface area contributed by atoms with Gasteiger partial charge in [-0.3, -0.25) is 0 Å². The monoisotopic (exact) mass is 518 g/mol. The molecule has 0 saturated heterocycles. The summed E-state index contributed by atoms with van der Waals surface area (Å²) in [4.78, 5) is 16.6. The van der Waals surface area contributed by atoms with E-state index in [1.165, 1.54) is 0 Å². The summed E-state index contributed by atoms with van der Waals surface area (Å²) in [5, 5.41) is 0. The van der Waals surface area contributed by atoms with E-state index in [0.29, 0.717) is 23.9 Å². The van der Waals surface area contributed by atoms with Crippen LogP contribution < -0.4 is 14.2 Å². The number of unbranched alkanes of at least 4 members (excludes halogenated alkanes) is 1. The van der Waals surface area contributed by atoms with E-state index in [-0.39, 0.29) is 0 Å². The minimum atomic E-state index is 0.600. The summed E-state index contributed by atoms with van der Waals surface area (Å²) >= 11 is 0. The van der Waals surface area contributed by atoms with Gasteiger partial charge in [0.15, 0.2) is 11.5 Å². The maximum absolute atomic E-state index is 6.05. The lowest BCUT2D eigenvalue weighted by Gasteiger charge is -2.16. The van der Waals surface area contributed by atoms with Crippen molar-refractivity contribution in [2.45, 2.75) is 19.8 Å². The third kappa shape index (κ3) is 5.16. The van der Waals surface area contributed by atoms with E-state index in [1.807, 2.05) is 66.8 Å². The van der Waals surface area contributed by atoms with Gasteiger partial charge in [-0.25, -0.2) is 9.97 Å². The second-order valence-corrected chi connectivity index (χ2v) is 9.50. The van der Waals surface area contributed by atoms with Crippen molar-refractivity contribution in [2.24, 2.45) is 0 Å². The highest BCUT2D eigenvalue weighted by atomic mass is 16.5. The van der Waals surface area contributed by atoms with Crippen molar-refractivity contribution in [3.63, 3.8) is 0 Å². The van der Waals surface area contributed by atoms with Crippen LogP contribution in [0.25, 0.3) is 57.5 Å². The second kappa shape index (κ2) is 10.5. The number of nitrogens with zero attached hydrogens (tertiary/aromatic N) is 2. The van der Waals surface area contributed by atoms with Crippen molar-refractivity contribution < 1.29 is 14.2 Å². The van der Waals surface area contributed by atoms with E-state index in [1.54, 1.807) is 14.2 Å². The molecule has 1 aromatic carbocycles. The molecule has 2 N–H and O–H groups in total. The van der Waals surface area contributed by atoms with Gasteiger partial charge >= 0.3 is 0 Å². The molecule has 8 bridgehead atoms. The number of nitrogens with one attached hydrogen (secondary N) is 2. The molecule has 0 saturated carbocycles. The lowest BCUT2D eigenvalue weighted by Crippen LogP contribution is -2.01. The molecule has 4 aromatic rings. The fourth-order valence-corrected chi connectivity index (χ4v) is 4.75. The average Bonchev–Trinajstić information content (AvgIpc) is 3.74. The molecule has 6 rings (SSSR count). The van der Waals surface area contributed by atoms with Crippen molar-refractivity contribution in [2.75, 3.05) is 20.8 Å². The number of ether oxygens (including phenoxy) is 3. The van der Waals surface area contributed by atoms with Gasteiger partial charge in [-0.15, -0.1) is 0 Å². The van der Waals surface area contributed by atoms with E-state index in [9.17, 15) is 0 Å². The zero-order chi connectivity index (χ0) is 26.8. The lowest BCUT2D eigenvalue weighted by atomic mass is 10.1. The highest BCUT2D eigenvalue weighted by molar-refractivity contribution is 5.89. The van der Waals surface area contributed by atoms with Gasteiger partial charge in [0.25, 0.3) is 0 Å². The van der Waals surface area contributed by atoms with Gasteiger partial charge in [-0.2, -0.15) is 0 Å². The van der Waals surface area contributed by atoms with E-state index >= 15 is 0 Å². The van der Waals surface area contributed by atoms with Crippen LogP contribution in [0, 0.1) is 0 Å². The minimum Gasteiger partial charge on any atom is -0.493 e. The highest BCUT2D eigenvalue weighted by Gasteiger charge is 2.17. The van der Waals surface area contributed by atoms with Crippen LogP contribution in [-0.4, -0.2) is 40.8 Å². The van der Waals surface area contributed by atoms with Crippen LogP contribution in [0.1, 0.15) is 42.5 Å². The molecule has 7 heteroatoms. The third-order valence-electron chi connectivity index (χ3n) is 6.68. The van der Waals surface area contributed by atoms with Crippen LogP contribution in [0.2, 0.25) is 0 Å². The second-order valence-electron chi connectivity index (χ2n) is 9.50. The Morgan fingerprint density at radius 2 is 1.23 bits per heavy atom. The average molecular weight is 519 g/mol. The zero-order valence-corrected chi connectivity index (χ0v) is 22.2. The standard InChI is InChI=1S/C32H30N4O3/c1-4-5-12-39-32-30(37-2)13-20(14-31(32)38-3)28-18-27-17-25-9-8-23(34-25)15-21-6-7-22(33-21)16-24-10-11-26(35-24)19-29(28)36-27/h6-11,13-19,33,36H,4-5,12H2,1-3H3. The minimum absolute atomic E-state index is 0.600. The first kappa shape index (κ1) is 24.6. The highest BCUT2D eigenvalue weighted by Crippen LogP contribution is 2.42. The number of aromatic nitrogens is 4. The summed E-state index contributed by atoms with van der Waals surface area (Å²) in [6, 6.07) is 18.3. The van der Waals surface area contributed by atoms with Gasteiger partial charge in [0.1, 0.15) is 0 Å². The Morgan fingerprint density at radius 1 is 0.667 bits per heavy atom. The predicted octanol–water partition coefficient (Wildman–Crippen LogP) is 7.52. The molecule has 0 fully saturated rings. The van der Waals surface area contributed by atoms with Crippen LogP contribution in [0.4, 0.5) is 0 Å². The number of H-pyrrole nitrogens is 2. The fourth-order valence-electron chi connectivity index (χ4n) is 4.75. The first-order valence-electron chi connectivity index (χ1n) is 13.1. The Balaban J connectivity index is 1.57. The van der Waals surface area contributed by atoms with Gasteiger partial charge in [0.2, 0.25) is 5.75 Å². The van der Waals surface area contributed by atoms with E-state index in [2.05, 4.69) is 29.0 Å². The molecule has 7 nitrogen and oxygen atoms in total. The molecule has 0 atom stereocenters. The molecule has 0 spiro atoms. The molecule has 2 aliphatic heterocycles. The molecule has 0 radical (unpaired) electrons. The van der Waals surface area contributed by atoms with Crippen LogP contribution in [0.15, 0.2) is 54.6 Å². The first-order chi connectivity index (χ1) is 19.1. The molecule has 196 valence electrons. The number of hydrogen-bond donors (Lipinski definition) is 2.